The molecular weight excluding hydrogens is 557 g/mol. The van der Waals surface area contributed by atoms with Crippen molar-refractivity contribution >= 4 is 50.7 Å². The Morgan fingerprint density at radius 3 is 2.33 bits per heavy atom. The molecule has 1 saturated heterocycles. The third-order valence-corrected chi connectivity index (χ3v) is 7.69. The molecule has 3 heterocycles. The largest absolute Gasteiger partial charge is 0.418 e. The number of hydrogen-bond donors (Lipinski definition) is 2. The third-order valence-electron chi connectivity index (χ3n) is 7.69. The molecule has 43 heavy (non-hydrogen) atoms. The molecule has 11 heteroatoms. The summed E-state index contributed by atoms with van der Waals surface area (Å²) in [6, 6.07) is 19.1. The van der Waals surface area contributed by atoms with Gasteiger partial charge in [0.25, 0.3) is 5.91 Å². The zero-order chi connectivity index (χ0) is 30.3. The minimum atomic E-state index is -4.65. The summed E-state index contributed by atoms with van der Waals surface area (Å²) < 4.78 is 43.0. The van der Waals surface area contributed by atoms with Gasteiger partial charge in [-0.15, -0.1) is 0 Å². The zero-order valence-electron chi connectivity index (χ0n) is 23.2. The van der Waals surface area contributed by atoms with E-state index < -0.39 is 17.6 Å². The molecule has 2 aromatic heterocycles. The number of fused-ring (bicyclic) bond motifs is 2. The first kappa shape index (κ1) is 28.0. The summed E-state index contributed by atoms with van der Waals surface area (Å²) in [7, 11) is 0. The normalized spacial score (nSPS) is 13.9. The van der Waals surface area contributed by atoms with Crippen molar-refractivity contribution in [2.24, 2.45) is 5.73 Å². The molecule has 0 bridgehead atoms. The molecule has 0 aliphatic carbocycles. The van der Waals surface area contributed by atoms with E-state index in [4.69, 9.17) is 5.73 Å². The minimum Gasteiger partial charge on any atom is -0.367 e. The van der Waals surface area contributed by atoms with E-state index in [1.165, 1.54) is 25.3 Å². The van der Waals surface area contributed by atoms with Crippen LogP contribution in [0.1, 0.15) is 22.8 Å². The average molecular weight is 585 g/mol. The second kappa shape index (κ2) is 10.9. The number of primary amides is 1. The van der Waals surface area contributed by atoms with E-state index in [0.717, 1.165) is 28.1 Å². The lowest BCUT2D eigenvalue weighted by molar-refractivity contribution is -0.137. The van der Waals surface area contributed by atoms with E-state index in [-0.39, 0.29) is 41.6 Å². The summed E-state index contributed by atoms with van der Waals surface area (Å²) in [5.74, 6) is -0.879. The molecule has 3 N–H and O–H groups in total. The molecule has 0 unspecified atom stereocenters. The third kappa shape index (κ3) is 5.53. The topological polar surface area (TPSA) is 104 Å². The van der Waals surface area contributed by atoms with Gasteiger partial charge in [0.1, 0.15) is 0 Å². The number of amides is 2. The van der Waals surface area contributed by atoms with Gasteiger partial charge in [0.15, 0.2) is 0 Å². The van der Waals surface area contributed by atoms with E-state index >= 15 is 0 Å². The van der Waals surface area contributed by atoms with E-state index in [2.05, 4.69) is 15.3 Å². The van der Waals surface area contributed by atoms with Crippen molar-refractivity contribution in [1.82, 2.24) is 14.9 Å². The van der Waals surface area contributed by atoms with Gasteiger partial charge in [0.2, 0.25) is 5.91 Å². The Labute approximate surface area is 244 Å². The summed E-state index contributed by atoms with van der Waals surface area (Å²) in [6.07, 6.45) is -1.59. The van der Waals surface area contributed by atoms with Crippen LogP contribution in [0, 0.1) is 0 Å². The van der Waals surface area contributed by atoms with E-state index in [9.17, 15) is 22.8 Å². The minimum absolute atomic E-state index is 0.0297. The van der Waals surface area contributed by atoms with Gasteiger partial charge >= 0.3 is 6.18 Å². The second-order valence-corrected chi connectivity index (χ2v) is 10.4. The van der Waals surface area contributed by atoms with Crippen LogP contribution in [-0.2, 0) is 11.0 Å². The number of piperazine rings is 1. The lowest BCUT2D eigenvalue weighted by Crippen LogP contribution is -2.48. The lowest BCUT2D eigenvalue weighted by atomic mass is 10.0. The maximum atomic E-state index is 14.3. The van der Waals surface area contributed by atoms with Crippen molar-refractivity contribution in [3.05, 3.63) is 90.3 Å². The molecule has 6 rings (SSSR count). The van der Waals surface area contributed by atoms with Crippen LogP contribution in [0.3, 0.4) is 0 Å². The highest BCUT2D eigenvalue weighted by atomic mass is 19.4. The number of para-hydroxylation sites is 1. The zero-order valence-corrected chi connectivity index (χ0v) is 23.2. The van der Waals surface area contributed by atoms with Crippen molar-refractivity contribution in [2.75, 3.05) is 36.4 Å². The number of aromatic nitrogens is 2. The van der Waals surface area contributed by atoms with Gasteiger partial charge in [0, 0.05) is 73.2 Å². The number of benzene rings is 3. The van der Waals surface area contributed by atoms with Gasteiger partial charge in [0.05, 0.1) is 27.8 Å². The number of nitrogens with zero attached hydrogens (tertiary/aromatic N) is 4. The molecule has 2 amide bonds. The lowest BCUT2D eigenvalue weighted by Gasteiger charge is -2.36. The predicted molar refractivity (Wildman–Crippen MR) is 160 cm³/mol. The van der Waals surface area contributed by atoms with Gasteiger partial charge in [-0.2, -0.15) is 13.2 Å². The first-order chi connectivity index (χ1) is 20.6. The van der Waals surface area contributed by atoms with Crippen LogP contribution < -0.4 is 16.0 Å². The molecule has 0 atom stereocenters. The maximum Gasteiger partial charge on any atom is 0.418 e. The standard InChI is InChI=1S/C32H27F3N6O2/c1-19(42)40-10-12-41(13-11-40)29-9-7-23(16-26(29)32(33,34)35)39-30-24-15-20(6-8-28(24)38-18-25(30)31(36)43)22-14-21-4-2-3-5-27(21)37-17-22/h2-9,14-18H,10-13H2,1H3,(H2,36,43)(H,38,39). The van der Waals surface area contributed by atoms with E-state index in [0.29, 0.717) is 24.0 Å². The fraction of sp³-hybridized carbons (Fsp3) is 0.188. The fourth-order valence-electron chi connectivity index (χ4n) is 5.45. The number of nitrogens with one attached hydrogen (secondary N) is 1. The first-order valence-electron chi connectivity index (χ1n) is 13.6. The van der Waals surface area contributed by atoms with Crippen molar-refractivity contribution < 1.29 is 22.8 Å². The molecule has 3 aromatic carbocycles. The van der Waals surface area contributed by atoms with Crippen molar-refractivity contribution in [2.45, 2.75) is 13.1 Å². The maximum absolute atomic E-state index is 14.3. The van der Waals surface area contributed by atoms with Gasteiger partial charge in [-0.1, -0.05) is 24.3 Å². The van der Waals surface area contributed by atoms with E-state index in [1.807, 2.05) is 42.5 Å². The summed E-state index contributed by atoms with van der Waals surface area (Å²) in [6.45, 7) is 2.69. The van der Waals surface area contributed by atoms with Gasteiger partial charge in [-0.05, 0) is 48.0 Å². The van der Waals surface area contributed by atoms with Crippen LogP contribution in [0.2, 0.25) is 0 Å². The molecule has 1 aliphatic heterocycles. The number of hydrogen-bond acceptors (Lipinski definition) is 6. The Kier molecular flexibility index (Phi) is 7.09. The molecule has 0 radical (unpaired) electrons. The summed E-state index contributed by atoms with van der Waals surface area (Å²) in [5.41, 5.74) is 8.29. The number of alkyl halides is 3. The number of pyridine rings is 2. The highest BCUT2D eigenvalue weighted by molar-refractivity contribution is 6.08. The quantitative estimate of drug-likeness (QED) is 0.263. The first-order valence-corrected chi connectivity index (χ1v) is 13.6. The molecular formula is C32H27F3N6O2. The number of anilines is 3. The van der Waals surface area contributed by atoms with Crippen molar-refractivity contribution in [3.8, 4) is 11.1 Å². The van der Waals surface area contributed by atoms with Crippen LogP contribution in [0.15, 0.2) is 79.1 Å². The van der Waals surface area contributed by atoms with Gasteiger partial charge in [-0.25, -0.2) is 0 Å². The molecule has 218 valence electrons. The van der Waals surface area contributed by atoms with Crippen molar-refractivity contribution in [1.29, 1.82) is 0 Å². The van der Waals surface area contributed by atoms with Gasteiger partial charge in [-0.3, -0.25) is 19.6 Å². The van der Waals surface area contributed by atoms with Crippen LogP contribution in [0.4, 0.5) is 30.2 Å². The monoisotopic (exact) mass is 584 g/mol. The Hall–Kier alpha value is -5.19. The average Bonchev–Trinajstić information content (AvgIpc) is 3.00. The SMILES string of the molecule is CC(=O)N1CCN(c2ccc(Nc3c(C(N)=O)cnc4ccc(-c5cnc6ccccc6c5)cc34)cc2C(F)(F)F)CC1. The molecule has 1 aliphatic rings. The molecule has 5 aromatic rings. The Morgan fingerprint density at radius 2 is 1.60 bits per heavy atom. The molecule has 0 saturated carbocycles. The Morgan fingerprint density at radius 1 is 0.860 bits per heavy atom. The molecule has 1 fully saturated rings. The number of rotatable bonds is 5. The van der Waals surface area contributed by atoms with Crippen LogP contribution >= 0.6 is 0 Å². The predicted octanol–water partition coefficient (Wildman–Crippen LogP) is 5.98. The van der Waals surface area contributed by atoms with E-state index in [1.54, 1.807) is 22.1 Å². The number of carbonyl (C=O) groups is 2. The molecule has 0 spiro atoms. The van der Waals surface area contributed by atoms with Crippen LogP contribution in [0.5, 0.6) is 0 Å². The Bertz CT molecular complexity index is 1880. The van der Waals surface area contributed by atoms with Crippen LogP contribution in [0.25, 0.3) is 32.9 Å². The summed E-state index contributed by atoms with van der Waals surface area (Å²) in [4.78, 5) is 36.3. The highest BCUT2D eigenvalue weighted by Gasteiger charge is 2.36. The van der Waals surface area contributed by atoms with Gasteiger partial charge < -0.3 is 20.9 Å². The summed E-state index contributed by atoms with van der Waals surface area (Å²) >= 11 is 0. The smallest absolute Gasteiger partial charge is 0.367 e. The van der Waals surface area contributed by atoms with Crippen molar-refractivity contribution in [3.63, 3.8) is 0 Å². The number of nitrogens with two attached hydrogens (primary N) is 1. The highest BCUT2D eigenvalue weighted by Crippen LogP contribution is 2.40. The Balaban J connectivity index is 1.41. The fourth-order valence-corrected chi connectivity index (χ4v) is 5.45. The number of halogens is 3. The summed E-state index contributed by atoms with van der Waals surface area (Å²) in [5, 5.41) is 4.50. The second-order valence-electron chi connectivity index (χ2n) is 10.4. The molecule has 8 nitrogen and oxygen atoms in total. The van der Waals surface area contributed by atoms with Crippen LogP contribution in [-0.4, -0.2) is 52.9 Å². The number of carbonyl (C=O) groups excluding carboxylic acids is 2.